The van der Waals surface area contributed by atoms with Gasteiger partial charge >= 0.3 is 0 Å². The maximum absolute atomic E-state index is 13.6. The summed E-state index contributed by atoms with van der Waals surface area (Å²) in [5.41, 5.74) is 6.79. The minimum Gasteiger partial charge on any atom is -0.487 e. The molecule has 1 unspecified atom stereocenters. The third kappa shape index (κ3) is 2.84. The van der Waals surface area contributed by atoms with Crippen LogP contribution in [0.25, 0.3) is 0 Å². The van der Waals surface area contributed by atoms with Crippen molar-refractivity contribution in [3.8, 4) is 5.75 Å². The molecule has 1 aromatic heterocycles. The van der Waals surface area contributed by atoms with Crippen LogP contribution >= 0.6 is 0 Å². The Morgan fingerprint density at radius 3 is 2.83 bits per heavy atom. The summed E-state index contributed by atoms with van der Waals surface area (Å²) < 4.78 is 20.6. The first-order valence-corrected chi connectivity index (χ1v) is 5.59. The van der Waals surface area contributed by atoms with Gasteiger partial charge in [0.2, 0.25) is 0 Å². The Bertz CT molecular complexity index is 539. The van der Waals surface area contributed by atoms with E-state index in [4.69, 9.17) is 10.5 Å². The highest BCUT2D eigenvalue weighted by Gasteiger charge is 2.08. The smallest absolute Gasteiger partial charge is 0.134 e. The summed E-state index contributed by atoms with van der Waals surface area (Å²) in [6.45, 7) is 1.99. The molecule has 0 radical (unpaired) electrons. The van der Waals surface area contributed by atoms with Crippen LogP contribution in [0.1, 0.15) is 24.2 Å². The second-order valence-corrected chi connectivity index (χ2v) is 4.14. The number of hydrogen-bond donors (Lipinski definition) is 1. The second kappa shape index (κ2) is 5.14. The predicted molar refractivity (Wildman–Crippen MR) is 64.3 cm³/mol. The van der Waals surface area contributed by atoms with Gasteiger partial charge < -0.3 is 10.5 Å². The molecule has 2 rings (SSSR count). The van der Waals surface area contributed by atoms with Crippen molar-refractivity contribution in [2.24, 2.45) is 12.8 Å². The third-order valence-corrected chi connectivity index (χ3v) is 2.50. The first kappa shape index (κ1) is 12.5. The first-order chi connectivity index (χ1) is 8.56. The van der Waals surface area contributed by atoms with Crippen molar-refractivity contribution >= 4 is 0 Å². The van der Waals surface area contributed by atoms with E-state index in [0.29, 0.717) is 17.0 Å². The van der Waals surface area contributed by atoms with Gasteiger partial charge in [-0.3, -0.25) is 4.68 Å². The molecule has 0 aliphatic rings. The quantitative estimate of drug-likeness (QED) is 0.894. The average molecular weight is 250 g/mol. The highest BCUT2D eigenvalue weighted by Crippen LogP contribution is 2.21. The number of benzene rings is 1. The number of nitrogens with zero attached hydrogens (tertiary/aromatic N) is 3. The fourth-order valence-corrected chi connectivity index (χ4v) is 1.59. The summed E-state index contributed by atoms with van der Waals surface area (Å²) in [7, 11) is 1.77. The molecule has 0 aliphatic heterocycles. The largest absolute Gasteiger partial charge is 0.487 e. The molecule has 18 heavy (non-hydrogen) atoms. The molecule has 0 bridgehead atoms. The zero-order chi connectivity index (χ0) is 13.1. The van der Waals surface area contributed by atoms with Crippen molar-refractivity contribution < 1.29 is 9.13 Å². The Morgan fingerprint density at radius 1 is 1.50 bits per heavy atom. The molecule has 96 valence electrons. The molecule has 6 heteroatoms. The number of rotatable bonds is 4. The highest BCUT2D eigenvalue weighted by atomic mass is 19.1. The molecule has 1 atom stereocenters. The number of hydrogen-bond acceptors (Lipinski definition) is 4. The topological polar surface area (TPSA) is 66.0 Å². The minimum atomic E-state index is -0.360. The molecule has 0 amide bonds. The van der Waals surface area contributed by atoms with Gasteiger partial charge in [0, 0.05) is 24.7 Å². The molecule has 1 aromatic carbocycles. The Morgan fingerprint density at radius 2 is 2.28 bits per heavy atom. The van der Waals surface area contributed by atoms with Crippen LogP contribution in [0.15, 0.2) is 24.4 Å². The van der Waals surface area contributed by atoms with Gasteiger partial charge in [0.1, 0.15) is 23.9 Å². The van der Waals surface area contributed by atoms with Crippen LogP contribution in [0.3, 0.4) is 0 Å². The zero-order valence-electron chi connectivity index (χ0n) is 10.3. The Hall–Kier alpha value is -1.95. The molecule has 2 N–H and O–H groups in total. The van der Waals surface area contributed by atoms with Crippen molar-refractivity contribution in [3.63, 3.8) is 0 Å². The molecule has 0 saturated heterocycles. The number of ether oxygens (including phenoxy) is 1. The van der Waals surface area contributed by atoms with Crippen LogP contribution < -0.4 is 10.5 Å². The summed E-state index contributed by atoms with van der Waals surface area (Å²) in [5.74, 6) is 0.0872. The standard InChI is InChI=1S/C12H15FN4O/c1-8(14)11-4-3-10(5-12(11)13)18-7-9-6-17(2)16-15-9/h3-6,8H,7,14H2,1-2H3. The molecule has 0 aliphatic carbocycles. The van der Waals surface area contributed by atoms with Gasteiger partial charge in [0.15, 0.2) is 0 Å². The molecule has 0 spiro atoms. The van der Waals surface area contributed by atoms with Gasteiger partial charge in [-0.15, -0.1) is 5.10 Å². The lowest BCUT2D eigenvalue weighted by Gasteiger charge is -2.09. The Balaban J connectivity index is 2.04. The van der Waals surface area contributed by atoms with E-state index >= 15 is 0 Å². The van der Waals surface area contributed by atoms with E-state index in [1.807, 2.05) is 0 Å². The van der Waals surface area contributed by atoms with Crippen LogP contribution in [0.4, 0.5) is 4.39 Å². The highest BCUT2D eigenvalue weighted by molar-refractivity contribution is 5.30. The third-order valence-electron chi connectivity index (χ3n) is 2.50. The van der Waals surface area contributed by atoms with Gasteiger partial charge in [-0.1, -0.05) is 11.3 Å². The van der Waals surface area contributed by atoms with Crippen LogP contribution in [0.5, 0.6) is 5.75 Å². The number of aryl methyl sites for hydroxylation is 1. The number of aromatic nitrogens is 3. The molecular formula is C12H15FN4O. The molecule has 2 aromatic rings. The Labute approximate surface area is 104 Å². The van der Waals surface area contributed by atoms with Crippen molar-refractivity contribution in [3.05, 3.63) is 41.5 Å². The second-order valence-electron chi connectivity index (χ2n) is 4.14. The van der Waals surface area contributed by atoms with E-state index < -0.39 is 0 Å². The van der Waals surface area contributed by atoms with E-state index in [-0.39, 0.29) is 18.5 Å². The normalized spacial score (nSPS) is 12.4. The SMILES string of the molecule is CC(N)c1ccc(OCc2cn(C)nn2)cc1F. The summed E-state index contributed by atoms with van der Waals surface area (Å²) in [4.78, 5) is 0. The molecule has 5 nitrogen and oxygen atoms in total. The van der Waals surface area contributed by atoms with Crippen molar-refractivity contribution in [1.29, 1.82) is 0 Å². The van der Waals surface area contributed by atoms with E-state index in [0.717, 1.165) is 0 Å². The monoisotopic (exact) mass is 250 g/mol. The van der Waals surface area contributed by atoms with Gasteiger partial charge in [0.25, 0.3) is 0 Å². The van der Waals surface area contributed by atoms with Gasteiger partial charge in [-0.2, -0.15) is 0 Å². The van der Waals surface area contributed by atoms with Crippen LogP contribution in [-0.2, 0) is 13.7 Å². The zero-order valence-corrected chi connectivity index (χ0v) is 10.3. The van der Waals surface area contributed by atoms with E-state index in [1.165, 1.54) is 6.07 Å². The lowest BCUT2D eigenvalue weighted by atomic mass is 10.1. The summed E-state index contributed by atoms with van der Waals surface area (Å²) in [6.07, 6.45) is 1.74. The minimum absolute atomic E-state index is 0.255. The van der Waals surface area contributed by atoms with Crippen molar-refractivity contribution in [1.82, 2.24) is 15.0 Å². The van der Waals surface area contributed by atoms with Gasteiger partial charge in [-0.25, -0.2) is 4.39 Å². The first-order valence-electron chi connectivity index (χ1n) is 5.59. The maximum atomic E-state index is 13.6. The average Bonchev–Trinajstić information content (AvgIpc) is 2.72. The Kier molecular flexibility index (Phi) is 3.57. The fourth-order valence-electron chi connectivity index (χ4n) is 1.59. The van der Waals surface area contributed by atoms with Crippen LogP contribution in [0, 0.1) is 5.82 Å². The lowest BCUT2D eigenvalue weighted by molar-refractivity contribution is 0.299. The van der Waals surface area contributed by atoms with E-state index in [9.17, 15) is 4.39 Å². The van der Waals surface area contributed by atoms with Gasteiger partial charge in [0.05, 0.1) is 6.20 Å². The summed E-state index contributed by atoms with van der Waals surface area (Å²) in [5, 5.41) is 7.65. The summed E-state index contributed by atoms with van der Waals surface area (Å²) in [6, 6.07) is 4.32. The fraction of sp³-hybridized carbons (Fsp3) is 0.333. The van der Waals surface area contributed by atoms with Gasteiger partial charge in [-0.05, 0) is 13.0 Å². The molecular weight excluding hydrogens is 235 g/mol. The molecule has 0 saturated carbocycles. The molecule has 0 fully saturated rings. The number of halogens is 1. The van der Waals surface area contributed by atoms with E-state index in [2.05, 4.69) is 10.3 Å². The predicted octanol–water partition coefficient (Wildman–Crippen LogP) is 1.55. The molecule has 1 heterocycles. The maximum Gasteiger partial charge on any atom is 0.134 e. The lowest BCUT2D eigenvalue weighted by Crippen LogP contribution is -2.07. The summed E-state index contributed by atoms with van der Waals surface area (Å²) >= 11 is 0. The van der Waals surface area contributed by atoms with Crippen LogP contribution in [-0.4, -0.2) is 15.0 Å². The van der Waals surface area contributed by atoms with E-state index in [1.54, 1.807) is 37.0 Å². The van der Waals surface area contributed by atoms with Crippen molar-refractivity contribution in [2.75, 3.05) is 0 Å². The van der Waals surface area contributed by atoms with Crippen molar-refractivity contribution in [2.45, 2.75) is 19.6 Å². The number of nitrogens with two attached hydrogens (primary N) is 1. The van der Waals surface area contributed by atoms with Crippen LogP contribution in [0.2, 0.25) is 0 Å².